The van der Waals surface area contributed by atoms with Gasteiger partial charge >= 0.3 is 6.98 Å². The van der Waals surface area contributed by atoms with Crippen LogP contribution < -0.4 is 5.46 Å². The van der Waals surface area contributed by atoms with Gasteiger partial charge in [0.25, 0.3) is 0 Å². The largest absolute Gasteiger partial charge is 0.509 e. The Morgan fingerprint density at radius 3 is 2.08 bits per heavy atom. The lowest BCUT2D eigenvalue weighted by Gasteiger charge is -2.14. The second-order valence-electron chi connectivity index (χ2n) is 2.65. The van der Waals surface area contributed by atoms with Gasteiger partial charge in [0, 0.05) is 0 Å². The summed E-state index contributed by atoms with van der Waals surface area (Å²) in [5, 5.41) is 8.28. The molecule has 0 heterocycles. The molecule has 0 saturated carbocycles. The molecule has 0 radical (unpaired) electrons. The molecule has 1 rings (SSSR count). The Morgan fingerprint density at radius 1 is 1.15 bits per heavy atom. The fraction of sp³-hybridized carbons (Fsp3) is 0.125. The van der Waals surface area contributed by atoms with Crippen LogP contribution in [-0.2, 0) is 6.42 Å². The summed E-state index contributed by atoms with van der Waals surface area (Å²) in [6, 6.07) is 6.53. The zero-order valence-electron chi connectivity index (χ0n) is 6.67. The monoisotopic (exact) mass is 184 g/mol. The number of benzene rings is 1. The van der Waals surface area contributed by atoms with Crippen molar-refractivity contribution in [2.24, 2.45) is 0 Å². The van der Waals surface area contributed by atoms with E-state index in [2.05, 4.69) is 0 Å². The van der Waals surface area contributed by atoms with Crippen LogP contribution in [-0.4, -0.2) is 6.98 Å². The average Bonchev–Trinajstić information content (AvgIpc) is 2.04. The molecular formula is C8H6BF3N-. The van der Waals surface area contributed by atoms with E-state index in [4.69, 9.17) is 5.26 Å². The van der Waals surface area contributed by atoms with Crippen LogP contribution in [0.1, 0.15) is 5.56 Å². The molecule has 0 aromatic heterocycles. The molecule has 0 aliphatic rings. The first-order chi connectivity index (χ1) is 6.04. The molecule has 0 saturated heterocycles. The van der Waals surface area contributed by atoms with Crippen LogP contribution in [0.2, 0.25) is 0 Å². The fourth-order valence-electron chi connectivity index (χ4n) is 0.945. The Kier molecular flexibility index (Phi) is 2.62. The summed E-state index contributed by atoms with van der Waals surface area (Å²) in [7, 11) is 0. The Bertz CT molecular complexity index is 323. The molecule has 13 heavy (non-hydrogen) atoms. The van der Waals surface area contributed by atoms with Gasteiger partial charge in [-0.15, -0.1) is 5.46 Å². The van der Waals surface area contributed by atoms with E-state index in [1.165, 1.54) is 12.1 Å². The van der Waals surface area contributed by atoms with Gasteiger partial charge in [0.1, 0.15) is 0 Å². The molecule has 0 bridgehead atoms. The summed E-state index contributed by atoms with van der Waals surface area (Å²) in [4.78, 5) is 0. The molecule has 0 unspecified atom stereocenters. The fourth-order valence-corrected chi connectivity index (χ4v) is 0.945. The molecule has 1 aromatic rings. The van der Waals surface area contributed by atoms with Gasteiger partial charge in [-0.1, -0.05) is 24.3 Å². The zero-order valence-corrected chi connectivity index (χ0v) is 6.67. The first-order valence-corrected chi connectivity index (χ1v) is 3.70. The van der Waals surface area contributed by atoms with Crippen LogP contribution in [0.25, 0.3) is 0 Å². The molecule has 5 heteroatoms. The van der Waals surface area contributed by atoms with Gasteiger partial charge in [0.05, 0.1) is 12.5 Å². The van der Waals surface area contributed by atoms with Crippen LogP contribution in [0.5, 0.6) is 0 Å². The predicted molar refractivity (Wildman–Crippen MR) is 44.5 cm³/mol. The van der Waals surface area contributed by atoms with Gasteiger partial charge in [-0.25, -0.2) is 0 Å². The Labute approximate surface area is 73.9 Å². The summed E-state index contributed by atoms with van der Waals surface area (Å²) in [6.45, 7) is -4.91. The number of nitriles is 1. The van der Waals surface area contributed by atoms with E-state index in [9.17, 15) is 12.9 Å². The highest BCUT2D eigenvalue weighted by Gasteiger charge is 2.24. The number of halogens is 3. The van der Waals surface area contributed by atoms with Crippen molar-refractivity contribution in [1.29, 1.82) is 5.26 Å². The number of nitrogens with zero attached hydrogens (tertiary/aromatic N) is 1. The quantitative estimate of drug-likeness (QED) is 0.642. The second-order valence-corrected chi connectivity index (χ2v) is 2.65. The van der Waals surface area contributed by atoms with Gasteiger partial charge < -0.3 is 12.9 Å². The molecule has 0 fully saturated rings. The number of hydrogen-bond acceptors (Lipinski definition) is 1. The molecule has 0 aliphatic carbocycles. The summed E-state index contributed by atoms with van der Waals surface area (Å²) in [6.07, 6.45) is 0.144. The maximum absolute atomic E-state index is 12.1. The summed E-state index contributed by atoms with van der Waals surface area (Å²) >= 11 is 0. The third-order valence-corrected chi connectivity index (χ3v) is 1.64. The Balaban J connectivity index is 2.89. The first kappa shape index (κ1) is 9.65. The van der Waals surface area contributed by atoms with Crippen LogP contribution in [0.3, 0.4) is 0 Å². The van der Waals surface area contributed by atoms with E-state index in [1.54, 1.807) is 0 Å². The van der Waals surface area contributed by atoms with Gasteiger partial charge in [0.2, 0.25) is 0 Å². The van der Waals surface area contributed by atoms with E-state index in [0.717, 1.165) is 12.1 Å². The Hall–Kier alpha value is -1.44. The first-order valence-electron chi connectivity index (χ1n) is 3.70. The van der Waals surface area contributed by atoms with Crippen molar-refractivity contribution >= 4 is 12.4 Å². The smallest absolute Gasteiger partial charge is 0.445 e. The van der Waals surface area contributed by atoms with Crippen LogP contribution in [0.4, 0.5) is 12.9 Å². The molecule has 0 atom stereocenters. The van der Waals surface area contributed by atoms with Crippen LogP contribution in [0.15, 0.2) is 24.3 Å². The molecule has 1 aromatic carbocycles. The van der Waals surface area contributed by atoms with E-state index < -0.39 is 12.4 Å². The molecule has 0 N–H and O–H groups in total. The standard InChI is InChI=1S/C8H6BF3N/c10-9(11,12)8-3-1-7(2-4-8)5-6-13/h1-4H,5H2/q-1. The third-order valence-electron chi connectivity index (χ3n) is 1.64. The minimum Gasteiger partial charge on any atom is -0.445 e. The summed E-state index contributed by atoms with van der Waals surface area (Å²) in [5.41, 5.74) is -0.0204. The van der Waals surface area contributed by atoms with Crippen molar-refractivity contribution in [3.05, 3.63) is 29.8 Å². The summed E-state index contributed by atoms with van der Waals surface area (Å²) in [5.74, 6) is 0. The van der Waals surface area contributed by atoms with Gasteiger partial charge in [-0.3, -0.25) is 0 Å². The average molecular weight is 184 g/mol. The van der Waals surface area contributed by atoms with Crippen LogP contribution in [0, 0.1) is 11.3 Å². The highest BCUT2D eigenvalue weighted by atomic mass is 19.4. The van der Waals surface area contributed by atoms with Gasteiger partial charge in [0.15, 0.2) is 0 Å². The topological polar surface area (TPSA) is 23.8 Å². The number of rotatable bonds is 2. The Morgan fingerprint density at radius 2 is 1.69 bits per heavy atom. The third kappa shape index (κ3) is 2.51. The summed E-state index contributed by atoms with van der Waals surface area (Å²) < 4.78 is 36.3. The molecule has 0 amide bonds. The highest BCUT2D eigenvalue weighted by Crippen LogP contribution is 2.09. The zero-order chi connectivity index (χ0) is 9.90. The SMILES string of the molecule is N#CCc1ccc([B-](F)(F)F)cc1. The maximum Gasteiger partial charge on any atom is 0.509 e. The minimum atomic E-state index is -4.91. The normalized spacial score (nSPS) is 10.9. The predicted octanol–water partition coefficient (Wildman–Crippen LogP) is 1.81. The van der Waals surface area contributed by atoms with E-state index in [-0.39, 0.29) is 6.42 Å². The lowest BCUT2D eigenvalue weighted by Crippen LogP contribution is -2.33. The molecule has 68 valence electrons. The van der Waals surface area contributed by atoms with Gasteiger partial charge in [-0.2, -0.15) is 5.26 Å². The second kappa shape index (κ2) is 3.52. The van der Waals surface area contributed by atoms with Gasteiger partial charge in [-0.05, 0) is 5.56 Å². The number of hydrogen-bond donors (Lipinski definition) is 0. The van der Waals surface area contributed by atoms with Crippen molar-refractivity contribution in [2.45, 2.75) is 6.42 Å². The molecule has 0 spiro atoms. The molecule has 1 nitrogen and oxygen atoms in total. The van der Waals surface area contributed by atoms with E-state index in [0.29, 0.717) is 5.56 Å². The van der Waals surface area contributed by atoms with Crippen molar-refractivity contribution in [3.63, 3.8) is 0 Å². The van der Waals surface area contributed by atoms with Crippen molar-refractivity contribution in [1.82, 2.24) is 0 Å². The van der Waals surface area contributed by atoms with Crippen molar-refractivity contribution in [3.8, 4) is 6.07 Å². The van der Waals surface area contributed by atoms with Crippen LogP contribution >= 0.6 is 0 Å². The van der Waals surface area contributed by atoms with E-state index in [1.807, 2.05) is 6.07 Å². The highest BCUT2D eigenvalue weighted by molar-refractivity contribution is 6.73. The lowest BCUT2D eigenvalue weighted by molar-refractivity contribution is 0.501. The lowest BCUT2D eigenvalue weighted by atomic mass is 9.80. The molecular weight excluding hydrogens is 178 g/mol. The van der Waals surface area contributed by atoms with Crippen molar-refractivity contribution in [2.75, 3.05) is 0 Å². The maximum atomic E-state index is 12.1. The van der Waals surface area contributed by atoms with Crippen molar-refractivity contribution < 1.29 is 12.9 Å². The van der Waals surface area contributed by atoms with E-state index >= 15 is 0 Å². The molecule has 0 aliphatic heterocycles. The minimum absolute atomic E-state index is 0.144.